The number of nitrogens with one attached hydrogen (secondary N) is 1. The van der Waals surface area contributed by atoms with Gasteiger partial charge in [-0.2, -0.15) is 0 Å². The summed E-state index contributed by atoms with van der Waals surface area (Å²) in [6, 6.07) is 12.1. The smallest absolute Gasteiger partial charge is 0.242 e. The minimum atomic E-state index is 0.0821. The molecule has 0 spiro atoms. The monoisotopic (exact) mass is 370 g/mol. The largest absolute Gasteiger partial charge is 0.368 e. The van der Waals surface area contributed by atoms with Gasteiger partial charge in [0.1, 0.15) is 12.0 Å². The van der Waals surface area contributed by atoms with E-state index in [1.165, 1.54) is 12.0 Å². The molecule has 0 atom stereocenters. The number of para-hydroxylation sites is 1. The molecule has 8 nitrogen and oxygen atoms in total. The molecule has 8 heteroatoms. The number of anilines is 1. The van der Waals surface area contributed by atoms with E-state index >= 15 is 0 Å². The molecular formula is C19H26N6O2. The average molecular weight is 370 g/mol. The van der Waals surface area contributed by atoms with Crippen molar-refractivity contribution < 1.29 is 9.32 Å². The van der Waals surface area contributed by atoms with Gasteiger partial charge in [-0.25, -0.2) is 0 Å². The molecule has 2 heterocycles. The Balaban J connectivity index is 1.45. The molecule has 0 aliphatic carbocycles. The van der Waals surface area contributed by atoms with Gasteiger partial charge >= 0.3 is 0 Å². The van der Waals surface area contributed by atoms with Crippen molar-refractivity contribution in [3.8, 4) is 0 Å². The molecule has 1 amide bonds. The van der Waals surface area contributed by atoms with Crippen LogP contribution < -0.4 is 10.2 Å². The van der Waals surface area contributed by atoms with E-state index in [4.69, 9.17) is 4.52 Å². The first-order chi connectivity index (χ1) is 13.2. The molecule has 0 bridgehead atoms. The Labute approximate surface area is 159 Å². The lowest BCUT2D eigenvalue weighted by Gasteiger charge is -2.36. The first-order valence-electron chi connectivity index (χ1n) is 9.06. The van der Waals surface area contributed by atoms with Crippen molar-refractivity contribution in [1.82, 2.24) is 20.3 Å². The topological polar surface area (TPSA) is 77.2 Å². The zero-order valence-corrected chi connectivity index (χ0v) is 15.8. The number of aromatic nitrogens is 1. The number of benzene rings is 1. The van der Waals surface area contributed by atoms with Crippen LogP contribution in [0.15, 0.2) is 52.2 Å². The van der Waals surface area contributed by atoms with E-state index in [1.54, 1.807) is 13.1 Å². The summed E-state index contributed by atoms with van der Waals surface area (Å²) in [4.78, 5) is 22.9. The molecule has 0 saturated carbocycles. The Bertz CT molecular complexity index is 739. The molecule has 1 saturated heterocycles. The Morgan fingerprint density at radius 3 is 2.59 bits per heavy atom. The third-order valence-corrected chi connectivity index (χ3v) is 4.62. The van der Waals surface area contributed by atoms with Gasteiger partial charge < -0.3 is 24.5 Å². The third kappa shape index (κ3) is 4.99. The van der Waals surface area contributed by atoms with Gasteiger partial charge in [0.25, 0.3) is 0 Å². The zero-order chi connectivity index (χ0) is 19.1. The van der Waals surface area contributed by atoms with Gasteiger partial charge in [-0.15, -0.1) is 0 Å². The molecule has 1 aromatic heterocycles. The molecule has 1 aromatic carbocycles. The maximum Gasteiger partial charge on any atom is 0.242 e. The molecular weight excluding hydrogens is 344 g/mol. The van der Waals surface area contributed by atoms with Gasteiger partial charge in [0.2, 0.25) is 5.91 Å². The lowest BCUT2D eigenvalue weighted by atomic mass is 10.2. The normalized spacial score (nSPS) is 15.0. The molecule has 2 aromatic rings. The fraction of sp³-hybridized carbons (Fsp3) is 0.421. The van der Waals surface area contributed by atoms with Crippen molar-refractivity contribution in [3.63, 3.8) is 0 Å². The van der Waals surface area contributed by atoms with E-state index in [1.807, 2.05) is 35.0 Å². The summed E-state index contributed by atoms with van der Waals surface area (Å²) in [5.41, 5.74) is 2.02. The average Bonchev–Trinajstić information content (AvgIpc) is 3.22. The van der Waals surface area contributed by atoms with Crippen molar-refractivity contribution in [2.45, 2.75) is 6.54 Å². The fourth-order valence-corrected chi connectivity index (χ4v) is 3.14. The Kier molecular flexibility index (Phi) is 6.30. The summed E-state index contributed by atoms with van der Waals surface area (Å²) in [5, 5.41) is 7.03. The highest BCUT2D eigenvalue weighted by molar-refractivity contribution is 5.86. The van der Waals surface area contributed by atoms with Gasteiger partial charge in [0.05, 0.1) is 13.1 Å². The van der Waals surface area contributed by atoms with Crippen LogP contribution >= 0.6 is 0 Å². The summed E-state index contributed by atoms with van der Waals surface area (Å²) in [7, 11) is 3.60. The minimum Gasteiger partial charge on any atom is -0.368 e. The highest BCUT2D eigenvalue weighted by atomic mass is 16.5. The van der Waals surface area contributed by atoms with Crippen molar-refractivity contribution in [1.29, 1.82) is 0 Å². The van der Waals surface area contributed by atoms with Gasteiger partial charge in [-0.1, -0.05) is 23.4 Å². The van der Waals surface area contributed by atoms with Crippen LogP contribution in [0.4, 0.5) is 5.69 Å². The number of rotatable bonds is 5. The molecule has 1 fully saturated rings. The summed E-state index contributed by atoms with van der Waals surface area (Å²) in [6.07, 6.45) is 1.54. The number of carbonyl (C=O) groups is 1. The molecule has 0 radical (unpaired) electrons. The Morgan fingerprint density at radius 1 is 1.22 bits per heavy atom. The van der Waals surface area contributed by atoms with Crippen LogP contribution in [0.5, 0.6) is 0 Å². The second-order valence-corrected chi connectivity index (χ2v) is 6.45. The second-order valence-electron chi connectivity index (χ2n) is 6.45. The molecule has 1 aliphatic rings. The minimum absolute atomic E-state index is 0.0821. The first kappa shape index (κ1) is 18.8. The fourth-order valence-electron chi connectivity index (χ4n) is 3.14. The van der Waals surface area contributed by atoms with E-state index in [2.05, 4.69) is 32.5 Å². The van der Waals surface area contributed by atoms with Crippen molar-refractivity contribution in [2.24, 2.45) is 4.99 Å². The SMILES string of the molecule is CN=C(NCC(=O)N1CCN(c2ccccc2)CC1)N(C)Cc1ccon1. The maximum atomic E-state index is 12.5. The molecule has 3 rings (SSSR count). The number of aliphatic imine (C=N–C) groups is 1. The Morgan fingerprint density at radius 2 is 1.96 bits per heavy atom. The number of hydrogen-bond acceptors (Lipinski definition) is 5. The number of amides is 1. The first-order valence-corrected chi connectivity index (χ1v) is 9.06. The van der Waals surface area contributed by atoms with Crippen molar-refractivity contribution in [3.05, 3.63) is 48.4 Å². The summed E-state index contributed by atoms with van der Waals surface area (Å²) in [6.45, 7) is 3.92. The van der Waals surface area contributed by atoms with Gasteiger partial charge in [-0.3, -0.25) is 9.79 Å². The van der Waals surface area contributed by atoms with Gasteiger partial charge in [-0.05, 0) is 12.1 Å². The van der Waals surface area contributed by atoms with Crippen LogP contribution in [0.1, 0.15) is 5.69 Å². The van der Waals surface area contributed by atoms with Gasteiger partial charge in [0.15, 0.2) is 5.96 Å². The lowest BCUT2D eigenvalue weighted by molar-refractivity contribution is -0.130. The van der Waals surface area contributed by atoms with Crippen LogP contribution in [-0.4, -0.2) is 73.6 Å². The molecule has 27 heavy (non-hydrogen) atoms. The number of piperazine rings is 1. The molecule has 1 aliphatic heterocycles. The summed E-state index contributed by atoms with van der Waals surface area (Å²) < 4.78 is 4.85. The van der Waals surface area contributed by atoms with E-state index in [0.717, 1.165) is 31.9 Å². The van der Waals surface area contributed by atoms with E-state index in [9.17, 15) is 4.79 Å². The van der Waals surface area contributed by atoms with Crippen LogP contribution in [0.3, 0.4) is 0 Å². The molecule has 144 valence electrons. The van der Waals surface area contributed by atoms with Crippen molar-refractivity contribution >= 4 is 17.6 Å². The molecule has 0 unspecified atom stereocenters. The van der Waals surface area contributed by atoms with E-state index in [0.29, 0.717) is 12.5 Å². The number of carbonyl (C=O) groups excluding carboxylic acids is 1. The number of hydrogen-bond donors (Lipinski definition) is 1. The quantitative estimate of drug-likeness (QED) is 0.626. The number of nitrogens with zero attached hydrogens (tertiary/aromatic N) is 5. The van der Waals surface area contributed by atoms with Crippen LogP contribution in [0.25, 0.3) is 0 Å². The third-order valence-electron chi connectivity index (χ3n) is 4.62. The standard InChI is InChI=1S/C19H26N6O2/c1-20-19(23(2)15-16-8-13-27-22-16)21-14-18(26)25-11-9-24(10-12-25)17-6-4-3-5-7-17/h3-8,13H,9-12,14-15H2,1-2H3,(H,20,21). The maximum absolute atomic E-state index is 12.5. The Hall–Kier alpha value is -3.03. The number of guanidine groups is 1. The summed E-state index contributed by atoms with van der Waals surface area (Å²) in [5.74, 6) is 0.730. The van der Waals surface area contributed by atoms with E-state index < -0.39 is 0 Å². The van der Waals surface area contributed by atoms with Crippen LogP contribution in [-0.2, 0) is 11.3 Å². The summed E-state index contributed by atoms with van der Waals surface area (Å²) >= 11 is 0. The molecule has 1 N–H and O–H groups in total. The van der Waals surface area contributed by atoms with E-state index in [-0.39, 0.29) is 12.5 Å². The highest BCUT2D eigenvalue weighted by Crippen LogP contribution is 2.15. The zero-order valence-electron chi connectivity index (χ0n) is 15.8. The second kappa shape index (κ2) is 9.07. The predicted octanol–water partition coefficient (Wildman–Crippen LogP) is 1.03. The van der Waals surface area contributed by atoms with Crippen LogP contribution in [0, 0.1) is 0 Å². The lowest BCUT2D eigenvalue weighted by Crippen LogP contribution is -2.52. The van der Waals surface area contributed by atoms with Gasteiger partial charge in [0, 0.05) is 52.0 Å². The van der Waals surface area contributed by atoms with Crippen molar-refractivity contribution in [2.75, 3.05) is 51.7 Å². The predicted molar refractivity (Wildman–Crippen MR) is 105 cm³/mol. The van der Waals surface area contributed by atoms with Crippen LogP contribution in [0.2, 0.25) is 0 Å². The highest BCUT2D eigenvalue weighted by Gasteiger charge is 2.21.